The average molecular weight is 239 g/mol. The van der Waals surface area contributed by atoms with E-state index in [2.05, 4.69) is 19.3 Å². The van der Waals surface area contributed by atoms with Crippen LogP contribution in [0, 0.1) is 5.92 Å². The van der Waals surface area contributed by atoms with E-state index in [1.54, 1.807) is 0 Å². The van der Waals surface area contributed by atoms with Crippen molar-refractivity contribution in [1.29, 1.82) is 0 Å². The Kier molecular flexibility index (Phi) is 4.87. The largest absolute Gasteiger partial charge is 0.374 e. The highest BCUT2D eigenvalue weighted by atomic mass is 16.5. The van der Waals surface area contributed by atoms with Gasteiger partial charge in [-0.25, -0.2) is 0 Å². The van der Waals surface area contributed by atoms with Gasteiger partial charge in [0.25, 0.3) is 0 Å². The van der Waals surface area contributed by atoms with Crippen LogP contribution >= 0.6 is 0 Å². The molecule has 0 amide bonds. The van der Waals surface area contributed by atoms with Crippen molar-refractivity contribution in [2.24, 2.45) is 5.92 Å². The van der Waals surface area contributed by atoms with E-state index in [9.17, 15) is 0 Å². The first kappa shape index (κ1) is 13.4. The summed E-state index contributed by atoms with van der Waals surface area (Å²) in [5.74, 6) is 0.852. The molecule has 0 aromatic carbocycles. The molecule has 2 aliphatic carbocycles. The van der Waals surface area contributed by atoms with Crippen molar-refractivity contribution in [2.45, 2.75) is 76.4 Å². The van der Waals surface area contributed by atoms with Crippen molar-refractivity contribution >= 4 is 0 Å². The molecule has 2 rings (SSSR count). The Bertz CT molecular complexity index is 211. The summed E-state index contributed by atoms with van der Waals surface area (Å²) in [6, 6.07) is 0.588. The van der Waals surface area contributed by atoms with E-state index in [1.165, 1.54) is 57.8 Å². The van der Waals surface area contributed by atoms with E-state index in [1.807, 2.05) is 0 Å². The SMILES string of the molecule is CCOC1(C(NC)C2CCCC2)CCCCC1. The Balaban J connectivity index is 2.10. The lowest BCUT2D eigenvalue weighted by Gasteiger charge is -2.45. The topological polar surface area (TPSA) is 21.3 Å². The molecule has 2 aliphatic rings. The Hall–Kier alpha value is -0.0800. The number of hydrogen-bond acceptors (Lipinski definition) is 2. The minimum Gasteiger partial charge on any atom is -0.374 e. The van der Waals surface area contributed by atoms with Gasteiger partial charge in [0.15, 0.2) is 0 Å². The van der Waals surface area contributed by atoms with E-state index < -0.39 is 0 Å². The third-order valence-electron chi connectivity index (χ3n) is 4.88. The predicted molar refractivity (Wildman–Crippen MR) is 72.2 cm³/mol. The molecule has 0 spiro atoms. The van der Waals surface area contributed by atoms with Crippen molar-refractivity contribution in [3.63, 3.8) is 0 Å². The fourth-order valence-corrected chi connectivity index (χ4v) is 4.20. The molecule has 100 valence electrons. The first-order valence-corrected chi connectivity index (χ1v) is 7.63. The molecule has 0 radical (unpaired) electrons. The van der Waals surface area contributed by atoms with Crippen LogP contribution in [0.1, 0.15) is 64.7 Å². The lowest BCUT2D eigenvalue weighted by atomic mass is 9.74. The number of nitrogens with one attached hydrogen (secondary N) is 1. The summed E-state index contributed by atoms with van der Waals surface area (Å²) in [6.07, 6.45) is 12.3. The second-order valence-corrected chi connectivity index (χ2v) is 5.87. The van der Waals surface area contributed by atoms with Gasteiger partial charge in [0.2, 0.25) is 0 Å². The maximum atomic E-state index is 6.27. The van der Waals surface area contributed by atoms with Gasteiger partial charge < -0.3 is 10.1 Å². The van der Waals surface area contributed by atoms with Gasteiger partial charge in [-0.05, 0) is 45.6 Å². The molecule has 2 saturated carbocycles. The number of rotatable bonds is 5. The molecule has 17 heavy (non-hydrogen) atoms. The lowest BCUT2D eigenvalue weighted by molar-refractivity contribution is -0.100. The molecule has 2 nitrogen and oxygen atoms in total. The van der Waals surface area contributed by atoms with Gasteiger partial charge >= 0.3 is 0 Å². The Labute approximate surface area is 107 Å². The minimum atomic E-state index is 0.150. The van der Waals surface area contributed by atoms with Gasteiger partial charge in [-0.15, -0.1) is 0 Å². The maximum absolute atomic E-state index is 6.27. The molecule has 1 atom stereocenters. The quantitative estimate of drug-likeness (QED) is 0.793. The highest BCUT2D eigenvalue weighted by molar-refractivity contribution is 4.99. The zero-order valence-electron chi connectivity index (χ0n) is 11.6. The highest BCUT2D eigenvalue weighted by Crippen LogP contribution is 2.41. The zero-order chi connectivity index (χ0) is 12.1. The smallest absolute Gasteiger partial charge is 0.0837 e. The highest BCUT2D eigenvalue weighted by Gasteiger charge is 2.44. The Morgan fingerprint density at radius 2 is 1.76 bits per heavy atom. The van der Waals surface area contributed by atoms with Gasteiger partial charge in [0.1, 0.15) is 0 Å². The van der Waals surface area contributed by atoms with Crippen LogP contribution in [0.4, 0.5) is 0 Å². The molecule has 0 aromatic rings. The van der Waals surface area contributed by atoms with Gasteiger partial charge in [0.05, 0.1) is 5.60 Å². The molecule has 1 unspecified atom stereocenters. The van der Waals surface area contributed by atoms with E-state index >= 15 is 0 Å². The van der Waals surface area contributed by atoms with Crippen molar-refractivity contribution < 1.29 is 4.74 Å². The standard InChI is InChI=1S/C15H29NO/c1-3-17-15(11-7-4-8-12-15)14(16-2)13-9-5-6-10-13/h13-14,16H,3-12H2,1-2H3. The third-order valence-corrected chi connectivity index (χ3v) is 4.88. The van der Waals surface area contributed by atoms with Crippen LogP contribution in [0.3, 0.4) is 0 Å². The van der Waals surface area contributed by atoms with Crippen molar-refractivity contribution in [2.75, 3.05) is 13.7 Å². The van der Waals surface area contributed by atoms with Gasteiger partial charge in [-0.1, -0.05) is 32.1 Å². The molecule has 0 saturated heterocycles. The lowest BCUT2D eigenvalue weighted by Crippen LogP contribution is -2.55. The Morgan fingerprint density at radius 1 is 1.12 bits per heavy atom. The average Bonchev–Trinajstić information content (AvgIpc) is 2.85. The van der Waals surface area contributed by atoms with Crippen molar-refractivity contribution in [1.82, 2.24) is 5.32 Å². The third kappa shape index (κ3) is 2.85. The van der Waals surface area contributed by atoms with Crippen LogP contribution in [0.15, 0.2) is 0 Å². The van der Waals surface area contributed by atoms with Crippen LogP contribution in [0.25, 0.3) is 0 Å². The zero-order valence-corrected chi connectivity index (χ0v) is 11.6. The van der Waals surface area contributed by atoms with E-state index in [-0.39, 0.29) is 5.60 Å². The van der Waals surface area contributed by atoms with Crippen LogP contribution in [-0.4, -0.2) is 25.3 Å². The fraction of sp³-hybridized carbons (Fsp3) is 1.00. The molecular weight excluding hydrogens is 210 g/mol. The summed E-state index contributed by atoms with van der Waals surface area (Å²) in [4.78, 5) is 0. The summed E-state index contributed by atoms with van der Waals surface area (Å²) in [5.41, 5.74) is 0.150. The molecule has 1 N–H and O–H groups in total. The number of hydrogen-bond donors (Lipinski definition) is 1. The van der Waals surface area contributed by atoms with Crippen molar-refractivity contribution in [3.8, 4) is 0 Å². The summed E-state index contributed by atoms with van der Waals surface area (Å²) in [6.45, 7) is 3.02. The monoisotopic (exact) mass is 239 g/mol. The maximum Gasteiger partial charge on any atom is 0.0837 e. The molecular formula is C15H29NO. The van der Waals surface area contributed by atoms with Crippen LogP contribution in [-0.2, 0) is 4.74 Å². The molecule has 0 bridgehead atoms. The second kappa shape index (κ2) is 6.19. The van der Waals surface area contributed by atoms with Crippen LogP contribution in [0.2, 0.25) is 0 Å². The summed E-state index contributed by atoms with van der Waals surface area (Å²) in [5, 5.41) is 3.61. The summed E-state index contributed by atoms with van der Waals surface area (Å²) in [7, 11) is 2.14. The summed E-state index contributed by atoms with van der Waals surface area (Å²) >= 11 is 0. The first-order chi connectivity index (χ1) is 8.32. The normalized spacial score (nSPS) is 27.2. The predicted octanol–water partition coefficient (Wildman–Crippen LogP) is 3.50. The van der Waals surface area contributed by atoms with Crippen LogP contribution < -0.4 is 5.32 Å². The molecule has 0 aliphatic heterocycles. The second-order valence-electron chi connectivity index (χ2n) is 5.87. The summed E-state index contributed by atoms with van der Waals surface area (Å²) < 4.78 is 6.27. The number of likely N-dealkylation sites (N-methyl/N-ethyl adjacent to an activating group) is 1. The van der Waals surface area contributed by atoms with Gasteiger partial charge in [-0.2, -0.15) is 0 Å². The molecule has 2 heteroatoms. The van der Waals surface area contributed by atoms with Gasteiger partial charge in [-0.3, -0.25) is 0 Å². The minimum absolute atomic E-state index is 0.150. The van der Waals surface area contributed by atoms with Crippen molar-refractivity contribution in [3.05, 3.63) is 0 Å². The Morgan fingerprint density at radius 3 is 2.29 bits per heavy atom. The molecule has 0 heterocycles. The van der Waals surface area contributed by atoms with Crippen LogP contribution in [0.5, 0.6) is 0 Å². The van der Waals surface area contributed by atoms with E-state index in [0.29, 0.717) is 6.04 Å². The first-order valence-electron chi connectivity index (χ1n) is 7.63. The fourth-order valence-electron chi connectivity index (χ4n) is 4.20. The molecule has 2 fully saturated rings. The van der Waals surface area contributed by atoms with Gasteiger partial charge in [0, 0.05) is 12.6 Å². The molecule has 0 aromatic heterocycles. The van der Waals surface area contributed by atoms with E-state index in [4.69, 9.17) is 4.74 Å². The number of ether oxygens (including phenoxy) is 1. The van der Waals surface area contributed by atoms with E-state index in [0.717, 1.165) is 12.5 Å².